The van der Waals surface area contributed by atoms with Gasteiger partial charge in [0.25, 0.3) is 0 Å². The van der Waals surface area contributed by atoms with Crippen molar-refractivity contribution in [1.29, 1.82) is 0 Å². The van der Waals surface area contributed by atoms with Crippen molar-refractivity contribution in [2.45, 2.75) is 38.8 Å². The quantitative estimate of drug-likeness (QED) is 0.782. The van der Waals surface area contributed by atoms with Crippen molar-refractivity contribution in [3.05, 3.63) is 11.3 Å². The van der Waals surface area contributed by atoms with E-state index in [1.807, 2.05) is 6.92 Å². The summed E-state index contributed by atoms with van der Waals surface area (Å²) >= 11 is 0. The molecule has 19 heavy (non-hydrogen) atoms. The minimum absolute atomic E-state index is 0.274. The molecule has 0 saturated heterocycles. The van der Waals surface area contributed by atoms with E-state index in [2.05, 4.69) is 10.4 Å². The SMILES string of the molecule is CCOC(=O)C(NC1CC1)c1c(C)nn(C)c1OC. The summed E-state index contributed by atoms with van der Waals surface area (Å²) < 4.78 is 12.2. The summed E-state index contributed by atoms with van der Waals surface area (Å²) in [5.41, 5.74) is 1.56. The van der Waals surface area contributed by atoms with E-state index in [0.29, 0.717) is 18.5 Å². The zero-order chi connectivity index (χ0) is 14.0. The minimum Gasteiger partial charge on any atom is -0.481 e. The van der Waals surface area contributed by atoms with Crippen LogP contribution in [-0.2, 0) is 16.6 Å². The molecule has 0 aromatic carbocycles. The number of hydrogen-bond donors (Lipinski definition) is 1. The van der Waals surface area contributed by atoms with Crippen LogP contribution < -0.4 is 10.1 Å². The third-order valence-electron chi connectivity index (χ3n) is 3.20. The molecule has 2 rings (SSSR count). The van der Waals surface area contributed by atoms with Gasteiger partial charge in [0.2, 0.25) is 5.88 Å². The van der Waals surface area contributed by atoms with Crippen molar-refractivity contribution in [2.75, 3.05) is 13.7 Å². The summed E-state index contributed by atoms with van der Waals surface area (Å²) in [6.45, 7) is 4.04. The Morgan fingerprint density at radius 2 is 2.26 bits per heavy atom. The molecule has 0 radical (unpaired) electrons. The van der Waals surface area contributed by atoms with Crippen LogP contribution in [0.3, 0.4) is 0 Å². The van der Waals surface area contributed by atoms with Crippen molar-refractivity contribution in [2.24, 2.45) is 7.05 Å². The maximum Gasteiger partial charge on any atom is 0.328 e. The smallest absolute Gasteiger partial charge is 0.328 e. The molecule has 0 aliphatic heterocycles. The molecule has 6 heteroatoms. The zero-order valence-corrected chi connectivity index (χ0v) is 11.9. The topological polar surface area (TPSA) is 65.4 Å². The van der Waals surface area contributed by atoms with Gasteiger partial charge >= 0.3 is 5.97 Å². The third-order valence-corrected chi connectivity index (χ3v) is 3.20. The van der Waals surface area contributed by atoms with Gasteiger partial charge in [0, 0.05) is 13.1 Å². The molecule has 1 aromatic rings. The number of esters is 1. The Balaban J connectivity index is 2.33. The fourth-order valence-electron chi connectivity index (χ4n) is 2.21. The van der Waals surface area contributed by atoms with Crippen LogP contribution in [0.1, 0.15) is 37.1 Å². The van der Waals surface area contributed by atoms with Gasteiger partial charge in [-0.05, 0) is 26.7 Å². The van der Waals surface area contributed by atoms with Gasteiger partial charge in [-0.15, -0.1) is 0 Å². The highest BCUT2D eigenvalue weighted by Crippen LogP contribution is 2.32. The Kier molecular flexibility index (Phi) is 4.09. The number of carbonyl (C=O) groups is 1. The van der Waals surface area contributed by atoms with Gasteiger partial charge in [-0.1, -0.05) is 0 Å². The number of nitrogens with one attached hydrogen (secondary N) is 1. The Labute approximate surface area is 113 Å². The highest BCUT2D eigenvalue weighted by Gasteiger charge is 2.35. The molecule has 1 atom stereocenters. The molecule has 106 valence electrons. The van der Waals surface area contributed by atoms with Crippen LogP contribution in [0.5, 0.6) is 5.88 Å². The molecule has 6 nitrogen and oxygen atoms in total. The lowest BCUT2D eigenvalue weighted by Crippen LogP contribution is -2.32. The summed E-state index contributed by atoms with van der Waals surface area (Å²) in [5.74, 6) is 0.326. The lowest BCUT2D eigenvalue weighted by molar-refractivity contribution is -0.146. The molecule has 1 aromatic heterocycles. The largest absolute Gasteiger partial charge is 0.481 e. The number of ether oxygens (including phenoxy) is 2. The second-order valence-electron chi connectivity index (χ2n) is 4.76. The highest BCUT2D eigenvalue weighted by molar-refractivity contribution is 5.79. The first-order valence-corrected chi connectivity index (χ1v) is 6.58. The van der Waals surface area contributed by atoms with Gasteiger partial charge in [0.05, 0.1) is 25.0 Å². The van der Waals surface area contributed by atoms with Gasteiger partial charge in [0.15, 0.2) is 0 Å². The zero-order valence-electron chi connectivity index (χ0n) is 11.9. The predicted octanol–water partition coefficient (Wildman–Crippen LogP) is 1.09. The van der Waals surface area contributed by atoms with Crippen LogP contribution in [0.25, 0.3) is 0 Å². The summed E-state index contributed by atoms with van der Waals surface area (Å²) in [6.07, 6.45) is 2.19. The Morgan fingerprint density at radius 1 is 1.58 bits per heavy atom. The normalized spacial score (nSPS) is 16.2. The van der Waals surface area contributed by atoms with Crippen LogP contribution >= 0.6 is 0 Å². The summed E-state index contributed by atoms with van der Waals surface area (Å²) in [5, 5.41) is 7.63. The van der Waals surface area contributed by atoms with E-state index in [-0.39, 0.29) is 5.97 Å². The van der Waals surface area contributed by atoms with Crippen molar-refractivity contribution >= 4 is 5.97 Å². The van der Waals surface area contributed by atoms with Gasteiger partial charge in [-0.25, -0.2) is 9.48 Å². The van der Waals surface area contributed by atoms with Crippen molar-refractivity contribution in [3.8, 4) is 5.88 Å². The molecule has 1 unspecified atom stereocenters. The fourth-order valence-corrected chi connectivity index (χ4v) is 2.21. The third kappa shape index (κ3) is 2.89. The van der Waals surface area contributed by atoms with Crippen LogP contribution in [0.4, 0.5) is 0 Å². The van der Waals surface area contributed by atoms with E-state index >= 15 is 0 Å². The maximum absolute atomic E-state index is 12.2. The Bertz CT molecular complexity index is 466. The van der Waals surface area contributed by atoms with E-state index in [4.69, 9.17) is 9.47 Å². The van der Waals surface area contributed by atoms with E-state index < -0.39 is 6.04 Å². The fraction of sp³-hybridized carbons (Fsp3) is 0.692. The lowest BCUT2D eigenvalue weighted by Gasteiger charge is -2.18. The van der Waals surface area contributed by atoms with Gasteiger partial charge in [-0.3, -0.25) is 5.32 Å². The van der Waals surface area contributed by atoms with Gasteiger partial charge in [-0.2, -0.15) is 5.10 Å². The number of rotatable bonds is 6. The maximum atomic E-state index is 12.2. The number of methoxy groups -OCH3 is 1. The van der Waals surface area contributed by atoms with Crippen molar-refractivity contribution in [1.82, 2.24) is 15.1 Å². The second kappa shape index (κ2) is 5.61. The Hall–Kier alpha value is -1.56. The molecule has 0 bridgehead atoms. The van der Waals surface area contributed by atoms with E-state index in [9.17, 15) is 4.79 Å². The molecular formula is C13H21N3O3. The van der Waals surface area contributed by atoms with Crippen molar-refractivity contribution < 1.29 is 14.3 Å². The van der Waals surface area contributed by atoms with Gasteiger partial charge < -0.3 is 9.47 Å². The summed E-state index contributed by atoms with van der Waals surface area (Å²) in [6, 6.07) is -0.116. The predicted molar refractivity (Wildman–Crippen MR) is 70.0 cm³/mol. The molecule has 1 aliphatic rings. The molecule has 1 heterocycles. The first-order valence-electron chi connectivity index (χ1n) is 6.58. The molecule has 0 spiro atoms. The van der Waals surface area contributed by atoms with E-state index in [0.717, 1.165) is 24.1 Å². The number of carbonyl (C=O) groups excluding carboxylic acids is 1. The number of aromatic nitrogens is 2. The summed E-state index contributed by atoms with van der Waals surface area (Å²) in [4.78, 5) is 12.2. The number of nitrogens with zero attached hydrogens (tertiary/aromatic N) is 2. The monoisotopic (exact) mass is 267 g/mol. The standard InChI is InChI=1S/C13H21N3O3/c1-5-19-13(17)11(14-9-6-7-9)10-8(2)15-16(3)12(10)18-4/h9,11,14H,5-7H2,1-4H3. The first kappa shape index (κ1) is 13.9. The number of hydrogen-bond acceptors (Lipinski definition) is 5. The lowest BCUT2D eigenvalue weighted by atomic mass is 10.1. The molecule has 1 fully saturated rings. The minimum atomic E-state index is -0.504. The second-order valence-corrected chi connectivity index (χ2v) is 4.76. The van der Waals surface area contributed by atoms with Gasteiger partial charge in [0.1, 0.15) is 6.04 Å². The Morgan fingerprint density at radius 3 is 2.79 bits per heavy atom. The number of aryl methyl sites for hydroxylation is 2. The summed E-state index contributed by atoms with van der Waals surface area (Å²) in [7, 11) is 3.38. The van der Waals surface area contributed by atoms with Crippen LogP contribution in [0, 0.1) is 6.92 Å². The molecular weight excluding hydrogens is 246 g/mol. The van der Waals surface area contributed by atoms with E-state index in [1.54, 1.807) is 25.8 Å². The first-order chi connectivity index (χ1) is 9.08. The molecule has 0 amide bonds. The van der Waals surface area contributed by atoms with Crippen LogP contribution in [0.15, 0.2) is 0 Å². The molecule has 1 saturated carbocycles. The molecule has 1 N–H and O–H groups in total. The highest BCUT2D eigenvalue weighted by atomic mass is 16.5. The van der Waals surface area contributed by atoms with Crippen LogP contribution in [-0.4, -0.2) is 35.5 Å². The average Bonchev–Trinajstić information content (AvgIpc) is 3.12. The van der Waals surface area contributed by atoms with Crippen LogP contribution in [0.2, 0.25) is 0 Å². The average molecular weight is 267 g/mol. The molecule has 1 aliphatic carbocycles. The van der Waals surface area contributed by atoms with E-state index in [1.165, 1.54) is 0 Å². The van der Waals surface area contributed by atoms with Crippen molar-refractivity contribution in [3.63, 3.8) is 0 Å².